The smallest absolute Gasteiger partial charge is 0.410 e. The lowest BCUT2D eigenvalue weighted by Crippen LogP contribution is -2.17. The fourth-order valence-electron chi connectivity index (χ4n) is 1.22. The lowest BCUT2D eigenvalue weighted by molar-refractivity contribution is -0.386. The molecular formula is C10H12N2O6. The van der Waals surface area contributed by atoms with Crippen LogP contribution >= 0.6 is 0 Å². The number of carbonyl (C=O) groups excluding carboxylic acids is 1. The van der Waals surface area contributed by atoms with Gasteiger partial charge in [-0.15, -0.1) is 0 Å². The number of nitro groups is 1. The van der Waals surface area contributed by atoms with E-state index in [4.69, 9.17) is 15.2 Å². The van der Waals surface area contributed by atoms with Crippen LogP contribution in [-0.2, 0) is 4.74 Å². The number of ether oxygens (including phenoxy) is 3. The molecule has 0 saturated heterocycles. The summed E-state index contributed by atoms with van der Waals surface area (Å²) in [5.74, 6) is -0.279. The molecule has 98 valence electrons. The standard InChI is InChI=1S/C10H12N2O6/c1-16-5-6-17-7-3-2-4-8(18-10(11)13)9(7)12(14)15/h2-4H,5-6H2,1H3,(H2,11,13). The van der Waals surface area contributed by atoms with Crippen molar-refractivity contribution in [3.05, 3.63) is 28.3 Å². The number of hydrogen-bond acceptors (Lipinski definition) is 6. The normalized spacial score (nSPS) is 9.83. The predicted octanol–water partition coefficient (Wildman–Crippen LogP) is 1.08. The van der Waals surface area contributed by atoms with Crippen LogP contribution in [0.2, 0.25) is 0 Å². The van der Waals surface area contributed by atoms with Gasteiger partial charge >= 0.3 is 11.8 Å². The van der Waals surface area contributed by atoms with Gasteiger partial charge < -0.3 is 19.9 Å². The van der Waals surface area contributed by atoms with E-state index >= 15 is 0 Å². The number of carbonyl (C=O) groups is 1. The van der Waals surface area contributed by atoms with Crippen molar-refractivity contribution < 1.29 is 23.9 Å². The lowest BCUT2D eigenvalue weighted by atomic mass is 10.2. The Labute approximate surface area is 102 Å². The number of benzene rings is 1. The molecule has 0 saturated carbocycles. The Morgan fingerprint density at radius 1 is 1.39 bits per heavy atom. The third kappa shape index (κ3) is 3.59. The number of nitrogens with two attached hydrogens (primary N) is 1. The number of amides is 1. The Morgan fingerprint density at radius 2 is 2.06 bits per heavy atom. The minimum atomic E-state index is -1.13. The van der Waals surface area contributed by atoms with Gasteiger partial charge in [-0.3, -0.25) is 10.1 Å². The first-order chi connectivity index (χ1) is 8.56. The van der Waals surface area contributed by atoms with E-state index < -0.39 is 16.7 Å². The molecule has 0 spiro atoms. The molecule has 8 heteroatoms. The molecule has 0 bridgehead atoms. The molecule has 1 amide bonds. The van der Waals surface area contributed by atoms with Crippen LogP contribution < -0.4 is 15.2 Å². The summed E-state index contributed by atoms with van der Waals surface area (Å²) >= 11 is 0. The maximum absolute atomic E-state index is 10.9. The van der Waals surface area contributed by atoms with Crippen LogP contribution in [0.25, 0.3) is 0 Å². The van der Waals surface area contributed by atoms with Gasteiger partial charge in [-0.05, 0) is 12.1 Å². The van der Waals surface area contributed by atoms with Crippen molar-refractivity contribution in [1.82, 2.24) is 0 Å². The molecule has 0 aliphatic heterocycles. The van der Waals surface area contributed by atoms with Crippen molar-refractivity contribution in [2.24, 2.45) is 5.73 Å². The van der Waals surface area contributed by atoms with E-state index in [0.29, 0.717) is 0 Å². The molecule has 0 aliphatic carbocycles. The van der Waals surface area contributed by atoms with Gasteiger partial charge in [-0.25, -0.2) is 4.79 Å². The second-order valence-corrected chi connectivity index (χ2v) is 3.12. The van der Waals surface area contributed by atoms with Gasteiger partial charge in [0, 0.05) is 7.11 Å². The topological polar surface area (TPSA) is 114 Å². The van der Waals surface area contributed by atoms with Gasteiger partial charge in [-0.1, -0.05) is 6.07 Å². The molecule has 1 rings (SSSR count). The van der Waals surface area contributed by atoms with Crippen LogP contribution in [0.4, 0.5) is 10.5 Å². The van der Waals surface area contributed by atoms with E-state index in [0.717, 1.165) is 0 Å². The first-order valence-electron chi connectivity index (χ1n) is 4.92. The van der Waals surface area contributed by atoms with Crippen molar-refractivity contribution in [2.45, 2.75) is 0 Å². The zero-order chi connectivity index (χ0) is 13.5. The van der Waals surface area contributed by atoms with Crippen molar-refractivity contribution >= 4 is 11.8 Å². The molecule has 0 atom stereocenters. The number of hydrogen-bond donors (Lipinski definition) is 1. The van der Waals surface area contributed by atoms with Gasteiger partial charge in [-0.2, -0.15) is 0 Å². The summed E-state index contributed by atoms with van der Waals surface area (Å²) in [6.45, 7) is 0.412. The molecule has 0 unspecified atom stereocenters. The highest BCUT2D eigenvalue weighted by molar-refractivity contribution is 5.71. The number of primary amides is 1. The molecule has 2 N–H and O–H groups in total. The van der Waals surface area contributed by atoms with Gasteiger partial charge in [0.1, 0.15) is 6.61 Å². The number of rotatable bonds is 6. The van der Waals surface area contributed by atoms with E-state index in [1.807, 2.05) is 0 Å². The highest BCUT2D eigenvalue weighted by atomic mass is 16.6. The first kappa shape index (κ1) is 13.7. The van der Waals surface area contributed by atoms with Crippen LogP contribution in [0.5, 0.6) is 11.5 Å². The van der Waals surface area contributed by atoms with E-state index in [2.05, 4.69) is 4.74 Å². The summed E-state index contributed by atoms with van der Waals surface area (Å²) in [5, 5.41) is 10.9. The monoisotopic (exact) mass is 256 g/mol. The summed E-state index contributed by atoms with van der Waals surface area (Å²) in [6, 6.07) is 4.10. The SMILES string of the molecule is COCCOc1cccc(OC(N)=O)c1[N+](=O)[O-]. The van der Waals surface area contributed by atoms with Gasteiger partial charge in [0.15, 0.2) is 0 Å². The first-order valence-corrected chi connectivity index (χ1v) is 4.92. The fourth-order valence-corrected chi connectivity index (χ4v) is 1.22. The molecular weight excluding hydrogens is 244 g/mol. The third-order valence-corrected chi connectivity index (χ3v) is 1.90. The average Bonchev–Trinajstić information content (AvgIpc) is 2.28. The number of para-hydroxylation sites is 1. The molecule has 1 aromatic rings. The molecule has 1 aromatic carbocycles. The summed E-state index contributed by atoms with van der Waals surface area (Å²) in [4.78, 5) is 20.8. The van der Waals surface area contributed by atoms with E-state index in [-0.39, 0.29) is 24.7 Å². The van der Waals surface area contributed by atoms with Gasteiger partial charge in [0.2, 0.25) is 11.5 Å². The Morgan fingerprint density at radius 3 is 2.61 bits per heavy atom. The molecule has 0 aliphatic rings. The molecule has 0 radical (unpaired) electrons. The highest BCUT2D eigenvalue weighted by Gasteiger charge is 2.23. The molecule has 0 fully saturated rings. The molecule has 18 heavy (non-hydrogen) atoms. The average molecular weight is 256 g/mol. The minimum Gasteiger partial charge on any atom is -0.484 e. The van der Waals surface area contributed by atoms with Crippen LogP contribution in [0, 0.1) is 10.1 Å². The molecule has 8 nitrogen and oxygen atoms in total. The largest absolute Gasteiger partial charge is 0.484 e. The van der Waals surface area contributed by atoms with Gasteiger partial charge in [0.05, 0.1) is 11.5 Å². The Balaban J connectivity index is 3.01. The summed E-state index contributed by atoms with van der Waals surface area (Å²) in [7, 11) is 1.48. The summed E-state index contributed by atoms with van der Waals surface area (Å²) < 4.78 is 14.5. The summed E-state index contributed by atoms with van der Waals surface area (Å²) in [5.41, 5.74) is 4.37. The minimum absolute atomic E-state index is 0.0178. The third-order valence-electron chi connectivity index (χ3n) is 1.90. The van der Waals surface area contributed by atoms with E-state index in [1.165, 1.54) is 25.3 Å². The highest BCUT2D eigenvalue weighted by Crippen LogP contribution is 2.36. The number of methoxy groups -OCH3 is 1. The Kier molecular flexibility index (Phi) is 4.88. The maximum atomic E-state index is 10.9. The lowest BCUT2D eigenvalue weighted by Gasteiger charge is -2.08. The zero-order valence-electron chi connectivity index (χ0n) is 9.62. The quantitative estimate of drug-likeness (QED) is 0.462. The van der Waals surface area contributed by atoms with Gasteiger partial charge in [0.25, 0.3) is 0 Å². The van der Waals surface area contributed by atoms with Crippen molar-refractivity contribution in [3.63, 3.8) is 0 Å². The van der Waals surface area contributed by atoms with Crippen molar-refractivity contribution in [1.29, 1.82) is 0 Å². The van der Waals surface area contributed by atoms with Crippen LogP contribution in [0.3, 0.4) is 0 Å². The second-order valence-electron chi connectivity index (χ2n) is 3.12. The zero-order valence-corrected chi connectivity index (χ0v) is 9.62. The van der Waals surface area contributed by atoms with Crippen molar-refractivity contribution in [3.8, 4) is 11.5 Å². The fraction of sp³-hybridized carbons (Fsp3) is 0.300. The van der Waals surface area contributed by atoms with Crippen LogP contribution in [0.1, 0.15) is 0 Å². The number of nitrogens with zero attached hydrogens (tertiary/aromatic N) is 1. The predicted molar refractivity (Wildman–Crippen MR) is 60.7 cm³/mol. The van der Waals surface area contributed by atoms with E-state index in [9.17, 15) is 14.9 Å². The number of nitro benzene ring substituents is 1. The maximum Gasteiger partial charge on any atom is 0.410 e. The van der Waals surface area contributed by atoms with Crippen LogP contribution in [-0.4, -0.2) is 31.3 Å². The molecule has 0 aromatic heterocycles. The Hall–Kier alpha value is -2.35. The van der Waals surface area contributed by atoms with Crippen LogP contribution in [0.15, 0.2) is 18.2 Å². The Bertz CT molecular complexity index is 448. The van der Waals surface area contributed by atoms with E-state index in [1.54, 1.807) is 0 Å². The second kappa shape index (κ2) is 6.40. The molecule has 0 heterocycles. The van der Waals surface area contributed by atoms with Crippen molar-refractivity contribution in [2.75, 3.05) is 20.3 Å². The summed E-state index contributed by atoms with van der Waals surface area (Å²) in [6.07, 6.45) is -1.13.